The van der Waals surface area contributed by atoms with Crippen LogP contribution in [-0.2, 0) is 0 Å². The molecule has 15 heavy (non-hydrogen) atoms. The second-order valence-corrected chi connectivity index (χ2v) is 4.13. The van der Waals surface area contributed by atoms with Crippen LogP contribution in [0, 0.1) is 0 Å². The molecule has 0 fully saturated rings. The largest absolute Gasteiger partial charge is 0.492 e. The molecule has 0 aliphatic heterocycles. The van der Waals surface area contributed by atoms with Crippen molar-refractivity contribution in [1.29, 1.82) is 0 Å². The normalized spacial score (nSPS) is 11.3. The van der Waals surface area contributed by atoms with Crippen molar-refractivity contribution in [3.05, 3.63) is 35.2 Å². The van der Waals surface area contributed by atoms with Crippen molar-refractivity contribution in [3.63, 3.8) is 0 Å². The van der Waals surface area contributed by atoms with Crippen LogP contribution in [0.5, 0.6) is 5.88 Å². The smallest absolute Gasteiger partial charge is 0.238 e. The Morgan fingerprint density at radius 2 is 2.13 bits per heavy atom. The van der Waals surface area contributed by atoms with Crippen molar-refractivity contribution >= 4 is 32.5 Å². The fourth-order valence-corrected chi connectivity index (χ4v) is 1.96. The van der Waals surface area contributed by atoms with Gasteiger partial charge in [0.2, 0.25) is 5.88 Å². The molecular weight excluding hydrogens is 258 g/mol. The maximum absolute atomic E-state index is 9.64. The highest BCUT2D eigenvalue weighted by atomic mass is 79.9. The third-order valence-electron chi connectivity index (χ3n) is 2.29. The maximum atomic E-state index is 9.64. The van der Waals surface area contributed by atoms with Crippen molar-refractivity contribution in [2.45, 2.75) is 0 Å². The molecule has 1 aromatic carbocycles. The van der Waals surface area contributed by atoms with Crippen molar-refractivity contribution in [2.24, 2.45) is 0 Å². The fraction of sp³-hybridized carbons (Fsp3) is 0. The second kappa shape index (κ2) is 2.93. The second-order valence-electron chi connectivity index (χ2n) is 3.22. The van der Waals surface area contributed by atoms with E-state index in [4.69, 9.17) is 0 Å². The molecule has 0 amide bonds. The molecule has 0 spiro atoms. The van der Waals surface area contributed by atoms with E-state index in [0.29, 0.717) is 5.52 Å². The molecular formula is C10H6BrN3O. The molecule has 0 atom stereocenters. The van der Waals surface area contributed by atoms with Crippen molar-refractivity contribution in [1.82, 2.24) is 14.4 Å². The predicted octanol–water partition coefficient (Wildman–Crippen LogP) is 2.35. The van der Waals surface area contributed by atoms with Gasteiger partial charge in [0.05, 0.1) is 23.6 Å². The quantitative estimate of drug-likeness (QED) is 0.678. The Kier molecular flexibility index (Phi) is 1.70. The molecule has 0 aliphatic carbocycles. The first-order valence-electron chi connectivity index (χ1n) is 4.36. The highest BCUT2D eigenvalue weighted by molar-refractivity contribution is 9.10. The molecule has 4 nitrogen and oxygen atoms in total. The summed E-state index contributed by atoms with van der Waals surface area (Å²) < 4.78 is 2.78. The van der Waals surface area contributed by atoms with Gasteiger partial charge in [0, 0.05) is 4.47 Å². The topological polar surface area (TPSA) is 50.4 Å². The van der Waals surface area contributed by atoms with E-state index in [-0.39, 0.29) is 5.88 Å². The van der Waals surface area contributed by atoms with E-state index in [1.54, 1.807) is 12.5 Å². The Balaban J connectivity index is 2.61. The molecule has 3 rings (SSSR count). The molecule has 5 heteroatoms. The van der Waals surface area contributed by atoms with E-state index in [9.17, 15) is 5.11 Å². The lowest BCUT2D eigenvalue weighted by Crippen LogP contribution is -1.90. The minimum Gasteiger partial charge on any atom is -0.492 e. The number of hydrogen-bond acceptors (Lipinski definition) is 3. The van der Waals surface area contributed by atoms with Gasteiger partial charge in [-0.15, -0.1) is 0 Å². The molecule has 0 radical (unpaired) electrons. The highest BCUT2D eigenvalue weighted by Gasteiger charge is 2.07. The van der Waals surface area contributed by atoms with Crippen LogP contribution in [0.2, 0.25) is 0 Å². The van der Waals surface area contributed by atoms with E-state index < -0.39 is 0 Å². The minimum atomic E-state index is 0.00215. The first kappa shape index (κ1) is 8.67. The van der Waals surface area contributed by atoms with Crippen LogP contribution in [0.15, 0.2) is 35.2 Å². The van der Waals surface area contributed by atoms with Gasteiger partial charge in [-0.1, -0.05) is 15.9 Å². The number of halogens is 1. The minimum absolute atomic E-state index is 0.00215. The zero-order valence-corrected chi connectivity index (χ0v) is 9.14. The summed E-state index contributed by atoms with van der Waals surface area (Å²) in [4.78, 5) is 8.08. The van der Waals surface area contributed by atoms with Gasteiger partial charge < -0.3 is 5.11 Å². The van der Waals surface area contributed by atoms with E-state index in [0.717, 1.165) is 15.5 Å². The average Bonchev–Trinajstić information content (AvgIpc) is 2.69. The number of nitrogens with zero attached hydrogens (tertiary/aromatic N) is 3. The van der Waals surface area contributed by atoms with E-state index in [1.807, 2.05) is 22.6 Å². The Morgan fingerprint density at radius 3 is 3.00 bits per heavy atom. The molecule has 3 aromatic rings. The number of aromatic hydroxyl groups is 1. The van der Waals surface area contributed by atoms with Crippen molar-refractivity contribution in [2.75, 3.05) is 0 Å². The number of aromatic nitrogens is 3. The van der Waals surface area contributed by atoms with Gasteiger partial charge in [-0.05, 0) is 18.2 Å². The number of hydrogen-bond donors (Lipinski definition) is 1. The molecule has 0 aliphatic rings. The molecule has 0 unspecified atom stereocenters. The number of fused-ring (bicyclic) bond motifs is 3. The van der Waals surface area contributed by atoms with E-state index >= 15 is 0 Å². The van der Waals surface area contributed by atoms with Gasteiger partial charge >= 0.3 is 0 Å². The first-order chi connectivity index (χ1) is 7.25. The fourth-order valence-electron chi connectivity index (χ4n) is 1.61. The average molecular weight is 264 g/mol. The molecule has 1 N–H and O–H groups in total. The monoisotopic (exact) mass is 263 g/mol. The molecule has 0 bridgehead atoms. The van der Waals surface area contributed by atoms with E-state index in [1.165, 1.54) is 0 Å². The van der Waals surface area contributed by atoms with Gasteiger partial charge in [-0.3, -0.25) is 4.40 Å². The third-order valence-corrected chi connectivity index (χ3v) is 2.78. The van der Waals surface area contributed by atoms with Gasteiger partial charge in [0.1, 0.15) is 5.52 Å². The zero-order chi connectivity index (χ0) is 10.4. The van der Waals surface area contributed by atoms with Crippen LogP contribution in [0.4, 0.5) is 0 Å². The van der Waals surface area contributed by atoms with Crippen molar-refractivity contribution < 1.29 is 5.11 Å². The van der Waals surface area contributed by atoms with Gasteiger partial charge in [0.25, 0.3) is 0 Å². The lowest BCUT2D eigenvalue weighted by molar-refractivity contribution is 0.460. The summed E-state index contributed by atoms with van der Waals surface area (Å²) in [5.74, 6) is 0.00215. The Morgan fingerprint density at radius 1 is 1.27 bits per heavy atom. The first-order valence-corrected chi connectivity index (χ1v) is 5.15. The summed E-state index contributed by atoms with van der Waals surface area (Å²) >= 11 is 3.40. The summed E-state index contributed by atoms with van der Waals surface area (Å²) in [5.41, 5.74) is 2.26. The summed E-state index contributed by atoms with van der Waals surface area (Å²) in [6.45, 7) is 0. The molecule has 0 saturated carbocycles. The Labute approximate surface area is 93.3 Å². The van der Waals surface area contributed by atoms with Crippen LogP contribution in [0.3, 0.4) is 0 Å². The van der Waals surface area contributed by atoms with Gasteiger partial charge in [0.15, 0.2) is 0 Å². The van der Waals surface area contributed by atoms with Crippen LogP contribution in [0.25, 0.3) is 16.6 Å². The summed E-state index contributed by atoms with van der Waals surface area (Å²) in [7, 11) is 0. The summed E-state index contributed by atoms with van der Waals surface area (Å²) in [6, 6.07) is 5.67. The van der Waals surface area contributed by atoms with Gasteiger partial charge in [-0.25, -0.2) is 9.97 Å². The summed E-state index contributed by atoms with van der Waals surface area (Å²) in [5, 5.41) is 9.64. The number of imidazole rings is 1. The maximum Gasteiger partial charge on any atom is 0.238 e. The number of benzene rings is 1. The summed E-state index contributed by atoms with van der Waals surface area (Å²) in [6.07, 6.45) is 3.24. The lowest BCUT2D eigenvalue weighted by atomic mass is 10.3. The third kappa shape index (κ3) is 1.20. The number of rotatable bonds is 0. The van der Waals surface area contributed by atoms with Crippen LogP contribution < -0.4 is 0 Å². The molecule has 2 aromatic heterocycles. The Bertz CT molecular complexity index is 662. The molecule has 0 saturated heterocycles. The molecule has 2 heterocycles. The lowest BCUT2D eigenvalue weighted by Gasteiger charge is -2.03. The molecule has 74 valence electrons. The predicted molar refractivity (Wildman–Crippen MR) is 59.9 cm³/mol. The zero-order valence-electron chi connectivity index (χ0n) is 7.55. The Hall–Kier alpha value is -1.62. The standard InChI is InChI=1S/C10H6BrN3O/c11-6-1-2-7-8(3-6)14-5-12-4-9(14)10(15)13-7/h1-5H,(H,13,15). The van der Waals surface area contributed by atoms with Crippen molar-refractivity contribution in [3.8, 4) is 5.88 Å². The highest BCUT2D eigenvalue weighted by Crippen LogP contribution is 2.24. The van der Waals surface area contributed by atoms with Crippen LogP contribution in [0.1, 0.15) is 0 Å². The van der Waals surface area contributed by atoms with Gasteiger partial charge in [-0.2, -0.15) is 0 Å². The van der Waals surface area contributed by atoms with E-state index in [2.05, 4.69) is 25.9 Å². The van der Waals surface area contributed by atoms with Crippen LogP contribution in [-0.4, -0.2) is 19.5 Å². The SMILES string of the molecule is Oc1nc2ccc(Br)cc2n2cncc12. The van der Waals surface area contributed by atoms with Crippen LogP contribution >= 0.6 is 15.9 Å².